The molecule has 0 spiro atoms. The van der Waals surface area contributed by atoms with Crippen LogP contribution in [0.3, 0.4) is 0 Å². The summed E-state index contributed by atoms with van der Waals surface area (Å²) < 4.78 is 0. The number of amides is 2. The van der Waals surface area contributed by atoms with Crippen molar-refractivity contribution in [2.45, 2.75) is 20.3 Å². The molecule has 2 aromatic rings. The normalized spacial score (nSPS) is 16.7. The van der Waals surface area contributed by atoms with Crippen LogP contribution < -0.4 is 10.7 Å². The molecule has 0 radical (unpaired) electrons. The topological polar surface area (TPSA) is 83.5 Å². The van der Waals surface area contributed by atoms with Gasteiger partial charge in [0.2, 0.25) is 5.91 Å². The number of hydrogen-bond donors (Lipinski definition) is 2. The number of rotatable bonds is 5. The second-order valence-corrected chi connectivity index (χ2v) is 6.72. The fourth-order valence-corrected chi connectivity index (χ4v) is 3.17. The molecule has 2 amide bonds. The average molecular weight is 342 g/mol. The van der Waals surface area contributed by atoms with Crippen molar-refractivity contribution in [2.75, 3.05) is 6.54 Å². The molecule has 0 saturated carbocycles. The summed E-state index contributed by atoms with van der Waals surface area (Å²) in [5.41, 5.74) is 5.71. The van der Waals surface area contributed by atoms with Crippen molar-refractivity contribution >= 4 is 28.9 Å². The van der Waals surface area contributed by atoms with E-state index in [1.165, 1.54) is 0 Å². The van der Waals surface area contributed by atoms with Crippen LogP contribution >= 0.6 is 11.3 Å². The second kappa shape index (κ2) is 6.92. The third-order valence-corrected chi connectivity index (χ3v) is 4.72. The van der Waals surface area contributed by atoms with Crippen LogP contribution in [0.2, 0.25) is 0 Å². The van der Waals surface area contributed by atoms with E-state index in [-0.39, 0.29) is 17.7 Å². The van der Waals surface area contributed by atoms with Gasteiger partial charge in [-0.2, -0.15) is 5.10 Å². The van der Waals surface area contributed by atoms with Crippen molar-refractivity contribution in [3.63, 3.8) is 0 Å². The Bertz CT molecular complexity index is 795. The number of benzene rings is 1. The average Bonchev–Trinajstić information content (AvgIpc) is 3.15. The molecule has 1 aromatic carbocycles. The monoisotopic (exact) mass is 342 g/mol. The highest BCUT2D eigenvalue weighted by molar-refractivity contribution is 7.09. The van der Waals surface area contributed by atoms with E-state index in [0.29, 0.717) is 18.5 Å². The fraction of sp³-hybridized carbons (Fsp3) is 0.294. The Morgan fingerprint density at radius 1 is 1.29 bits per heavy atom. The Morgan fingerprint density at radius 3 is 2.62 bits per heavy atom. The lowest BCUT2D eigenvalue weighted by Gasteiger charge is -2.09. The molecule has 1 aliphatic rings. The van der Waals surface area contributed by atoms with Gasteiger partial charge in [0.15, 0.2) is 0 Å². The molecular formula is C17H18N4O2S. The van der Waals surface area contributed by atoms with E-state index < -0.39 is 0 Å². The van der Waals surface area contributed by atoms with Gasteiger partial charge in [0, 0.05) is 28.8 Å². The third-order valence-electron chi connectivity index (χ3n) is 3.94. The lowest BCUT2D eigenvalue weighted by molar-refractivity contribution is -0.122. The van der Waals surface area contributed by atoms with E-state index in [0.717, 1.165) is 22.0 Å². The van der Waals surface area contributed by atoms with Crippen molar-refractivity contribution in [3.8, 4) is 11.3 Å². The first-order chi connectivity index (χ1) is 11.5. The Morgan fingerprint density at radius 2 is 2.04 bits per heavy atom. The van der Waals surface area contributed by atoms with Crippen LogP contribution in [-0.2, 0) is 4.79 Å². The molecule has 1 aliphatic heterocycles. The minimum atomic E-state index is -0.249. The van der Waals surface area contributed by atoms with E-state index >= 15 is 0 Å². The second-order valence-electron chi connectivity index (χ2n) is 5.66. The lowest BCUT2D eigenvalue weighted by atomic mass is 10.0. The number of carbonyl (C=O) groups excluding carboxylic acids is 2. The van der Waals surface area contributed by atoms with E-state index in [2.05, 4.69) is 20.8 Å². The van der Waals surface area contributed by atoms with Crippen LogP contribution in [0, 0.1) is 12.8 Å². The van der Waals surface area contributed by atoms with Gasteiger partial charge in [0.05, 0.1) is 16.6 Å². The largest absolute Gasteiger partial charge is 0.352 e. The molecule has 7 heteroatoms. The number of carbonyl (C=O) groups is 2. The number of hydrazone groups is 1. The number of nitrogens with one attached hydrogen (secondary N) is 2. The predicted octanol–water partition coefficient (Wildman–Crippen LogP) is 2.36. The highest BCUT2D eigenvalue weighted by Gasteiger charge is 2.26. The van der Waals surface area contributed by atoms with Gasteiger partial charge in [0.25, 0.3) is 5.91 Å². The third kappa shape index (κ3) is 3.51. The molecular weight excluding hydrogens is 324 g/mol. The molecule has 0 aliphatic carbocycles. The van der Waals surface area contributed by atoms with E-state index in [1.54, 1.807) is 23.5 Å². The Kier molecular flexibility index (Phi) is 4.71. The summed E-state index contributed by atoms with van der Waals surface area (Å²) in [5, 5.41) is 9.75. The molecule has 124 valence electrons. The number of hydrogen-bond acceptors (Lipinski definition) is 5. The number of thiazole rings is 1. The molecule has 2 heterocycles. The molecule has 24 heavy (non-hydrogen) atoms. The molecule has 1 aromatic heterocycles. The highest BCUT2D eigenvalue weighted by atomic mass is 32.1. The minimum Gasteiger partial charge on any atom is -0.352 e. The summed E-state index contributed by atoms with van der Waals surface area (Å²) in [4.78, 5) is 28.2. The number of nitrogens with zero attached hydrogens (tertiary/aromatic N) is 2. The van der Waals surface area contributed by atoms with Gasteiger partial charge in [-0.25, -0.2) is 10.4 Å². The van der Waals surface area contributed by atoms with E-state index in [1.807, 2.05) is 31.4 Å². The summed E-state index contributed by atoms with van der Waals surface area (Å²) >= 11 is 1.60. The fourth-order valence-electron chi connectivity index (χ4n) is 2.55. The summed E-state index contributed by atoms with van der Waals surface area (Å²) in [6.07, 6.45) is 0.545. The molecule has 2 N–H and O–H groups in total. The summed E-state index contributed by atoms with van der Waals surface area (Å²) in [6.45, 7) is 4.20. The first-order valence-corrected chi connectivity index (χ1v) is 8.57. The summed E-state index contributed by atoms with van der Waals surface area (Å²) in [7, 11) is 0. The SMILES string of the molecule is CC1=NNC(=O)C1CCNC(=O)c1ccc(-c2csc(C)n2)cc1. The smallest absolute Gasteiger partial charge is 0.251 e. The van der Waals surface area contributed by atoms with Crippen LogP contribution in [0.1, 0.15) is 28.7 Å². The molecule has 1 atom stereocenters. The molecule has 0 saturated heterocycles. The van der Waals surface area contributed by atoms with Gasteiger partial charge in [0.1, 0.15) is 0 Å². The lowest BCUT2D eigenvalue weighted by Crippen LogP contribution is -2.30. The van der Waals surface area contributed by atoms with Gasteiger partial charge in [-0.15, -0.1) is 11.3 Å². The van der Waals surface area contributed by atoms with Gasteiger partial charge in [-0.3, -0.25) is 9.59 Å². The standard InChI is InChI=1S/C17H18N4O2S/c1-10-14(17(23)21-20-10)7-8-18-16(22)13-5-3-12(4-6-13)15-9-24-11(2)19-15/h3-6,9,14H,7-8H2,1-2H3,(H,18,22)(H,21,23). The Labute approximate surface area is 144 Å². The van der Waals surface area contributed by atoms with Crippen LogP contribution in [0.25, 0.3) is 11.3 Å². The number of aromatic nitrogens is 1. The van der Waals surface area contributed by atoms with Crippen LogP contribution in [0.15, 0.2) is 34.7 Å². The van der Waals surface area contributed by atoms with Gasteiger partial charge in [-0.1, -0.05) is 12.1 Å². The van der Waals surface area contributed by atoms with E-state index in [9.17, 15) is 9.59 Å². The van der Waals surface area contributed by atoms with Gasteiger partial charge >= 0.3 is 0 Å². The van der Waals surface area contributed by atoms with Gasteiger partial charge < -0.3 is 5.32 Å². The zero-order chi connectivity index (χ0) is 17.1. The Hall–Kier alpha value is -2.54. The molecule has 0 bridgehead atoms. The van der Waals surface area contributed by atoms with Crippen LogP contribution in [-0.4, -0.2) is 29.1 Å². The van der Waals surface area contributed by atoms with Crippen molar-refractivity contribution in [1.82, 2.24) is 15.7 Å². The molecule has 6 nitrogen and oxygen atoms in total. The predicted molar refractivity (Wildman–Crippen MR) is 94.0 cm³/mol. The Balaban J connectivity index is 1.55. The first kappa shape index (κ1) is 16.3. The number of aryl methyl sites for hydroxylation is 1. The van der Waals surface area contributed by atoms with Crippen molar-refractivity contribution in [2.24, 2.45) is 11.0 Å². The molecule has 3 rings (SSSR count). The zero-order valence-electron chi connectivity index (χ0n) is 13.5. The van der Waals surface area contributed by atoms with Crippen molar-refractivity contribution in [3.05, 3.63) is 40.2 Å². The maximum Gasteiger partial charge on any atom is 0.251 e. The summed E-state index contributed by atoms with van der Waals surface area (Å²) in [5.74, 6) is -0.505. The quantitative estimate of drug-likeness (QED) is 0.875. The van der Waals surface area contributed by atoms with E-state index in [4.69, 9.17) is 0 Å². The summed E-state index contributed by atoms with van der Waals surface area (Å²) in [6, 6.07) is 7.36. The maximum atomic E-state index is 12.2. The maximum absolute atomic E-state index is 12.2. The van der Waals surface area contributed by atoms with Crippen molar-refractivity contribution < 1.29 is 9.59 Å². The van der Waals surface area contributed by atoms with Crippen molar-refractivity contribution in [1.29, 1.82) is 0 Å². The zero-order valence-corrected chi connectivity index (χ0v) is 14.3. The van der Waals surface area contributed by atoms with Gasteiger partial charge in [-0.05, 0) is 32.4 Å². The highest BCUT2D eigenvalue weighted by Crippen LogP contribution is 2.21. The molecule has 0 fully saturated rings. The van der Waals surface area contributed by atoms with Crippen LogP contribution in [0.4, 0.5) is 0 Å². The van der Waals surface area contributed by atoms with Crippen LogP contribution in [0.5, 0.6) is 0 Å². The molecule has 1 unspecified atom stereocenters. The first-order valence-electron chi connectivity index (χ1n) is 7.69. The minimum absolute atomic E-state index is 0.107.